The van der Waals surface area contributed by atoms with Crippen LogP contribution in [-0.4, -0.2) is 73.4 Å². The van der Waals surface area contributed by atoms with Crippen LogP contribution in [0.2, 0.25) is 0 Å². The average Bonchev–Trinajstić information content (AvgIpc) is 3.00. The monoisotopic (exact) mass is 684 g/mol. The third-order valence-corrected chi connectivity index (χ3v) is 9.94. The topological polar surface area (TPSA) is 93.2 Å². The molecule has 8 nitrogen and oxygen atoms in total. The van der Waals surface area contributed by atoms with Crippen molar-refractivity contribution in [2.24, 2.45) is 11.8 Å². The smallest absolute Gasteiger partial charge is 0.213 e. The summed E-state index contributed by atoms with van der Waals surface area (Å²) in [5.41, 5.74) is 1.72. The summed E-state index contributed by atoms with van der Waals surface area (Å²) in [5.74, 6) is 0.613. The number of unbranched alkanes of at least 4 members (excludes halogenated alkanes) is 9. The molecule has 0 aliphatic rings. The lowest BCUT2D eigenvalue weighted by atomic mass is 10.1. The largest absolute Gasteiger partial charge is 0.384 e. The summed E-state index contributed by atoms with van der Waals surface area (Å²) in [6.07, 6.45) is 15.2. The highest BCUT2D eigenvalue weighted by atomic mass is 32.2. The second-order valence-electron chi connectivity index (χ2n) is 12.8. The van der Waals surface area contributed by atoms with Gasteiger partial charge >= 0.3 is 0 Å². The van der Waals surface area contributed by atoms with E-state index in [1.54, 1.807) is 24.0 Å². The molecule has 10 heteroatoms. The number of carbonyl (C=O) groups is 4. The van der Waals surface area contributed by atoms with E-state index in [1.165, 1.54) is 49.2 Å². The number of methoxy groups -OCH3 is 2. The van der Waals surface area contributed by atoms with Crippen LogP contribution in [0.3, 0.4) is 0 Å². The third kappa shape index (κ3) is 22.0. The second kappa shape index (κ2) is 28.4. The molecule has 266 valence electrons. The number of hydrogen-bond acceptors (Lipinski definition) is 8. The third-order valence-electron chi connectivity index (χ3n) is 7.66. The van der Waals surface area contributed by atoms with Crippen LogP contribution in [0.4, 0.5) is 0 Å². The van der Waals surface area contributed by atoms with Crippen molar-refractivity contribution in [2.75, 3.05) is 40.5 Å². The minimum Gasteiger partial charge on any atom is -0.384 e. The molecule has 0 aliphatic heterocycles. The summed E-state index contributed by atoms with van der Waals surface area (Å²) in [7, 11) is 3.30. The predicted molar refractivity (Wildman–Crippen MR) is 194 cm³/mol. The fourth-order valence-electron chi connectivity index (χ4n) is 4.92. The Labute approximate surface area is 289 Å². The van der Waals surface area contributed by atoms with Crippen LogP contribution in [0.15, 0.2) is 21.2 Å². The normalized spacial score (nSPS) is 12.7. The summed E-state index contributed by atoms with van der Waals surface area (Å²) in [4.78, 5) is 53.9. The zero-order valence-electron chi connectivity index (χ0n) is 30.2. The van der Waals surface area contributed by atoms with Gasteiger partial charge in [-0.05, 0) is 38.5 Å². The molecule has 0 aliphatic carbocycles. The highest BCUT2D eigenvalue weighted by Gasteiger charge is 2.17. The van der Waals surface area contributed by atoms with Gasteiger partial charge in [-0.3, -0.25) is 19.2 Å². The maximum Gasteiger partial charge on any atom is 0.213 e. The van der Waals surface area contributed by atoms with Gasteiger partial charge < -0.3 is 19.3 Å². The van der Waals surface area contributed by atoms with Gasteiger partial charge in [-0.1, -0.05) is 103 Å². The molecule has 0 atom stereocenters. The van der Waals surface area contributed by atoms with Gasteiger partial charge in [0.2, 0.25) is 12.8 Å². The molecule has 0 bridgehead atoms. The first-order chi connectivity index (χ1) is 22.0. The molecule has 0 radical (unpaired) electrons. The Balaban J connectivity index is 4.44. The number of hydrogen-bond donors (Lipinski definition) is 0. The van der Waals surface area contributed by atoms with E-state index in [0.29, 0.717) is 63.8 Å². The summed E-state index contributed by atoms with van der Waals surface area (Å²) in [6, 6.07) is 0. The molecule has 2 amide bonds. The van der Waals surface area contributed by atoms with E-state index in [0.717, 1.165) is 72.5 Å². The first kappa shape index (κ1) is 44.4. The Morgan fingerprint density at radius 2 is 0.891 bits per heavy atom. The summed E-state index contributed by atoms with van der Waals surface area (Å²) < 4.78 is 10.5. The first-order valence-corrected chi connectivity index (χ1v) is 18.9. The molecule has 0 aromatic carbocycles. The molecule has 0 heterocycles. The lowest BCUT2D eigenvalue weighted by Crippen LogP contribution is -2.22. The maximum absolute atomic E-state index is 12.4. The number of allylic oxidation sites excluding steroid dienone is 2. The number of nitrogens with zero attached hydrogens (tertiary/aromatic N) is 2. The highest BCUT2D eigenvalue weighted by molar-refractivity contribution is 8.17. The number of amides is 2. The van der Waals surface area contributed by atoms with Crippen molar-refractivity contribution in [3.8, 4) is 0 Å². The maximum atomic E-state index is 12.4. The fourth-order valence-corrected chi connectivity index (χ4v) is 7.21. The van der Waals surface area contributed by atoms with Crippen molar-refractivity contribution >= 4 is 46.6 Å². The Hall–Kier alpha value is -1.62. The first-order valence-electron chi connectivity index (χ1n) is 17.2. The molecule has 0 unspecified atom stereocenters. The van der Waals surface area contributed by atoms with Gasteiger partial charge in [0, 0.05) is 74.2 Å². The minimum absolute atomic E-state index is 0.134. The minimum atomic E-state index is 0.134. The van der Waals surface area contributed by atoms with E-state index in [2.05, 4.69) is 0 Å². The molecule has 0 aromatic rings. The van der Waals surface area contributed by atoms with Crippen LogP contribution in [0.1, 0.15) is 131 Å². The highest BCUT2D eigenvalue weighted by Crippen LogP contribution is 2.29. The summed E-state index contributed by atoms with van der Waals surface area (Å²) in [6.45, 7) is 14.4. The van der Waals surface area contributed by atoms with Crippen LogP contribution >= 0.6 is 23.5 Å². The van der Waals surface area contributed by atoms with Gasteiger partial charge in [-0.2, -0.15) is 0 Å². The van der Waals surface area contributed by atoms with E-state index in [9.17, 15) is 19.2 Å². The van der Waals surface area contributed by atoms with Gasteiger partial charge in [0.05, 0.1) is 13.2 Å². The number of rotatable bonds is 29. The van der Waals surface area contributed by atoms with Crippen LogP contribution in [0, 0.1) is 11.8 Å². The van der Waals surface area contributed by atoms with E-state index in [1.807, 2.05) is 41.5 Å². The zero-order chi connectivity index (χ0) is 34.7. The zero-order valence-corrected chi connectivity index (χ0v) is 31.8. The second-order valence-corrected chi connectivity index (χ2v) is 15.1. The molecule has 0 fully saturated rings. The quantitative estimate of drug-likeness (QED) is 0.0570. The lowest BCUT2D eigenvalue weighted by Gasteiger charge is -2.22. The fraction of sp³-hybridized carbons (Fsp3) is 0.778. The standard InChI is InChI=1S/C36H64N2O6S2/c1-29(2)25-35(41)45-33(19-23-43-7)31(5)37(27-39)21-17-15-13-11-9-10-12-14-16-18-22-38(28-40)32(6)34(20-24-44-8)46-36(42)26-30(3)4/h27-30H,9-26H2,1-8H3/b33-31-,34-32-. The number of thioether (sulfide) groups is 2. The Morgan fingerprint density at radius 3 is 1.15 bits per heavy atom. The molecular weight excluding hydrogens is 621 g/mol. The van der Waals surface area contributed by atoms with Gasteiger partial charge in [-0.15, -0.1) is 0 Å². The van der Waals surface area contributed by atoms with Crippen LogP contribution in [0.25, 0.3) is 0 Å². The van der Waals surface area contributed by atoms with Crippen molar-refractivity contribution in [1.29, 1.82) is 0 Å². The van der Waals surface area contributed by atoms with E-state index < -0.39 is 0 Å². The summed E-state index contributed by atoms with van der Waals surface area (Å²) >= 11 is 2.52. The molecule has 0 N–H and O–H groups in total. The van der Waals surface area contributed by atoms with Gasteiger partial charge in [0.1, 0.15) is 0 Å². The predicted octanol–water partition coefficient (Wildman–Crippen LogP) is 8.95. The van der Waals surface area contributed by atoms with Crippen molar-refractivity contribution in [3.63, 3.8) is 0 Å². The Bertz CT molecular complexity index is 861. The number of carbonyl (C=O) groups excluding carboxylic acids is 4. The van der Waals surface area contributed by atoms with Gasteiger partial charge in [-0.25, -0.2) is 0 Å². The van der Waals surface area contributed by atoms with E-state index in [4.69, 9.17) is 9.47 Å². The van der Waals surface area contributed by atoms with E-state index in [-0.39, 0.29) is 10.2 Å². The molecule has 0 saturated carbocycles. The van der Waals surface area contributed by atoms with Crippen LogP contribution < -0.4 is 0 Å². The Morgan fingerprint density at radius 1 is 0.587 bits per heavy atom. The van der Waals surface area contributed by atoms with Crippen molar-refractivity contribution in [2.45, 2.75) is 131 Å². The molecule has 46 heavy (non-hydrogen) atoms. The molecule has 0 saturated heterocycles. The number of ether oxygens (including phenoxy) is 2. The van der Waals surface area contributed by atoms with Crippen molar-refractivity contribution < 1.29 is 28.7 Å². The van der Waals surface area contributed by atoms with Crippen molar-refractivity contribution in [1.82, 2.24) is 9.80 Å². The molecule has 0 aromatic heterocycles. The van der Waals surface area contributed by atoms with Gasteiger partial charge in [0.25, 0.3) is 0 Å². The van der Waals surface area contributed by atoms with E-state index >= 15 is 0 Å². The van der Waals surface area contributed by atoms with Gasteiger partial charge in [0.15, 0.2) is 10.2 Å². The molecule has 0 rings (SSSR count). The molecule has 0 spiro atoms. The average molecular weight is 685 g/mol. The van der Waals surface area contributed by atoms with Crippen molar-refractivity contribution in [3.05, 3.63) is 21.2 Å². The van der Waals surface area contributed by atoms with Crippen LogP contribution in [-0.2, 0) is 28.7 Å². The molecular formula is C36H64N2O6S2. The summed E-state index contributed by atoms with van der Waals surface area (Å²) in [5, 5.41) is 0.268. The lowest BCUT2D eigenvalue weighted by molar-refractivity contribution is -0.117. The van der Waals surface area contributed by atoms with Crippen LogP contribution in [0.5, 0.6) is 0 Å². The SMILES string of the molecule is COCC/C(SC(=O)CC(C)C)=C(\C)N(C=O)CCCCCCCCCCCCN(C=O)/C(C)=C(/CCOC)SC(=O)CC(C)C. The Kier molecular flexibility index (Phi) is 27.4.